The molecule has 1 N–H and O–H groups in total. The topological polar surface area (TPSA) is 19.0 Å². The quantitative estimate of drug-likeness (QED) is 0.753. The summed E-state index contributed by atoms with van der Waals surface area (Å²) in [7, 11) is 4.18. The van der Waals surface area contributed by atoms with Gasteiger partial charge in [-0.25, -0.2) is 0 Å². The number of fused-ring (bicyclic) bond motifs is 1. The van der Waals surface area contributed by atoms with Crippen LogP contribution < -0.4 is 0 Å². The van der Waals surface area contributed by atoms with Crippen molar-refractivity contribution in [2.75, 3.05) is 14.1 Å². The van der Waals surface area contributed by atoms with Gasteiger partial charge in [0.15, 0.2) is 0 Å². The van der Waals surface area contributed by atoms with E-state index < -0.39 is 0 Å². The first-order valence-corrected chi connectivity index (χ1v) is 7.14. The molecule has 0 spiro atoms. The molecule has 2 nitrogen and oxygen atoms in total. The molecular weight excluding hydrogens is 256 g/mol. The first-order valence-electron chi connectivity index (χ1n) is 7.14. The van der Waals surface area contributed by atoms with E-state index >= 15 is 0 Å². The zero-order valence-electron chi connectivity index (χ0n) is 12.6. The Balaban J connectivity index is 2.01. The van der Waals surface area contributed by atoms with E-state index in [4.69, 9.17) is 0 Å². The molecule has 0 amide bonds. The molecule has 2 aromatic carbocycles. The summed E-state index contributed by atoms with van der Waals surface area (Å²) in [5, 5.41) is 1.22. The molecule has 0 aliphatic heterocycles. The van der Waals surface area contributed by atoms with Crippen molar-refractivity contribution >= 4 is 16.5 Å². The normalized spacial score (nSPS) is 11.2. The molecule has 21 heavy (non-hydrogen) atoms. The summed E-state index contributed by atoms with van der Waals surface area (Å²) in [4.78, 5) is 5.41. The van der Waals surface area contributed by atoms with Crippen molar-refractivity contribution in [3.8, 4) is 0 Å². The summed E-state index contributed by atoms with van der Waals surface area (Å²) in [5.41, 5.74) is 5.94. The number of aromatic amines is 1. The highest BCUT2D eigenvalue weighted by Crippen LogP contribution is 2.27. The third-order valence-corrected chi connectivity index (χ3v) is 3.73. The number of nitrogens with zero attached hydrogens (tertiary/aromatic N) is 1. The van der Waals surface area contributed by atoms with E-state index in [1.165, 1.54) is 22.1 Å². The molecule has 0 aliphatic rings. The molecule has 0 fully saturated rings. The van der Waals surface area contributed by atoms with Gasteiger partial charge < -0.3 is 9.88 Å². The Bertz CT molecular complexity index is 781. The lowest BCUT2D eigenvalue weighted by atomic mass is 9.94. The van der Waals surface area contributed by atoms with E-state index in [-0.39, 0.29) is 0 Å². The molecule has 0 aliphatic carbocycles. The van der Waals surface area contributed by atoms with Crippen LogP contribution in [0.2, 0.25) is 0 Å². The maximum atomic E-state index is 4.33. The number of rotatable bonds is 4. The van der Waals surface area contributed by atoms with E-state index in [2.05, 4.69) is 79.1 Å². The zero-order chi connectivity index (χ0) is 14.8. The Kier molecular flexibility index (Phi) is 3.63. The van der Waals surface area contributed by atoms with Crippen molar-refractivity contribution in [2.45, 2.75) is 6.54 Å². The van der Waals surface area contributed by atoms with Crippen LogP contribution in [0, 0.1) is 0 Å². The van der Waals surface area contributed by atoms with Gasteiger partial charge in [-0.2, -0.15) is 0 Å². The number of aromatic nitrogens is 1. The highest BCUT2D eigenvalue weighted by atomic mass is 15.0. The predicted molar refractivity (Wildman–Crippen MR) is 90.3 cm³/mol. The minimum absolute atomic E-state index is 0.918. The first-order chi connectivity index (χ1) is 10.1. The van der Waals surface area contributed by atoms with Crippen LogP contribution in [0.25, 0.3) is 16.5 Å². The van der Waals surface area contributed by atoms with Crippen molar-refractivity contribution in [1.29, 1.82) is 0 Å². The van der Waals surface area contributed by atoms with E-state index in [0.717, 1.165) is 17.6 Å². The minimum atomic E-state index is 0.918. The zero-order valence-corrected chi connectivity index (χ0v) is 12.6. The highest BCUT2D eigenvalue weighted by molar-refractivity contribution is 5.87. The standard InChI is InChI=1S/C19H20N2/c1-14(15-8-9-19-16(12-15)10-11-20-19)18-7-5-4-6-17(18)13-21(2)3/h4-12,20H,1,13H2,2-3H3. The van der Waals surface area contributed by atoms with Crippen molar-refractivity contribution in [2.24, 2.45) is 0 Å². The third-order valence-electron chi connectivity index (χ3n) is 3.73. The molecule has 2 heteroatoms. The van der Waals surface area contributed by atoms with Gasteiger partial charge in [0.25, 0.3) is 0 Å². The van der Waals surface area contributed by atoms with Crippen LogP contribution in [0.15, 0.2) is 61.3 Å². The van der Waals surface area contributed by atoms with E-state index in [1.807, 2.05) is 6.20 Å². The lowest BCUT2D eigenvalue weighted by Gasteiger charge is -2.16. The lowest BCUT2D eigenvalue weighted by molar-refractivity contribution is 0.402. The Hall–Kier alpha value is -2.32. The summed E-state index contributed by atoms with van der Waals surface area (Å²) in [6.07, 6.45) is 1.97. The second kappa shape index (κ2) is 5.58. The van der Waals surface area contributed by atoms with E-state index in [0.29, 0.717) is 0 Å². The fourth-order valence-corrected chi connectivity index (χ4v) is 2.69. The third kappa shape index (κ3) is 2.76. The van der Waals surface area contributed by atoms with Crippen LogP contribution in [0.5, 0.6) is 0 Å². The molecule has 1 heterocycles. The van der Waals surface area contributed by atoms with Crippen molar-refractivity contribution in [3.63, 3.8) is 0 Å². The maximum Gasteiger partial charge on any atom is 0.0454 e. The minimum Gasteiger partial charge on any atom is -0.361 e. The largest absolute Gasteiger partial charge is 0.361 e. The Morgan fingerprint density at radius 3 is 2.71 bits per heavy atom. The number of hydrogen-bond acceptors (Lipinski definition) is 1. The maximum absolute atomic E-state index is 4.33. The predicted octanol–water partition coefficient (Wildman–Crippen LogP) is 4.29. The molecule has 106 valence electrons. The Morgan fingerprint density at radius 1 is 1.10 bits per heavy atom. The second-order valence-corrected chi connectivity index (χ2v) is 5.65. The van der Waals surface area contributed by atoms with Gasteiger partial charge in [-0.3, -0.25) is 0 Å². The van der Waals surface area contributed by atoms with E-state index in [9.17, 15) is 0 Å². The van der Waals surface area contributed by atoms with Gasteiger partial charge >= 0.3 is 0 Å². The van der Waals surface area contributed by atoms with E-state index in [1.54, 1.807) is 0 Å². The molecule has 0 atom stereocenters. The first kappa shape index (κ1) is 13.7. The van der Waals surface area contributed by atoms with Crippen LogP contribution in [0.1, 0.15) is 16.7 Å². The fourth-order valence-electron chi connectivity index (χ4n) is 2.69. The van der Waals surface area contributed by atoms with Crippen LogP contribution in [-0.2, 0) is 6.54 Å². The van der Waals surface area contributed by atoms with Crippen molar-refractivity contribution in [3.05, 3.63) is 78.0 Å². The van der Waals surface area contributed by atoms with Gasteiger partial charge in [-0.1, -0.05) is 36.9 Å². The van der Waals surface area contributed by atoms with Crippen molar-refractivity contribution < 1.29 is 0 Å². The summed E-state index contributed by atoms with van der Waals surface area (Å²) >= 11 is 0. The molecular formula is C19H20N2. The number of benzene rings is 2. The number of H-pyrrole nitrogens is 1. The van der Waals surface area contributed by atoms with Crippen LogP contribution in [0.3, 0.4) is 0 Å². The van der Waals surface area contributed by atoms with Crippen LogP contribution in [0.4, 0.5) is 0 Å². The lowest BCUT2D eigenvalue weighted by Crippen LogP contribution is -2.12. The summed E-state index contributed by atoms with van der Waals surface area (Å²) in [6, 6.07) is 17.0. The molecule has 0 unspecified atom stereocenters. The van der Waals surface area contributed by atoms with Crippen molar-refractivity contribution in [1.82, 2.24) is 9.88 Å². The average Bonchev–Trinajstić information content (AvgIpc) is 2.94. The van der Waals surface area contributed by atoms with Gasteiger partial charge in [-0.05, 0) is 59.9 Å². The number of hydrogen-bond donors (Lipinski definition) is 1. The SMILES string of the molecule is C=C(c1ccc2[nH]ccc2c1)c1ccccc1CN(C)C. The molecule has 0 saturated carbocycles. The summed E-state index contributed by atoms with van der Waals surface area (Å²) in [5.74, 6) is 0. The highest BCUT2D eigenvalue weighted by Gasteiger charge is 2.09. The number of nitrogens with one attached hydrogen (secondary N) is 1. The molecule has 1 aromatic heterocycles. The molecule has 0 radical (unpaired) electrons. The Labute approximate surface area is 125 Å². The van der Waals surface area contributed by atoms with Crippen LogP contribution >= 0.6 is 0 Å². The average molecular weight is 276 g/mol. The second-order valence-electron chi connectivity index (χ2n) is 5.65. The van der Waals surface area contributed by atoms with Crippen LogP contribution in [-0.4, -0.2) is 24.0 Å². The monoisotopic (exact) mass is 276 g/mol. The van der Waals surface area contributed by atoms with Gasteiger partial charge in [0, 0.05) is 18.3 Å². The molecule has 0 saturated heterocycles. The van der Waals surface area contributed by atoms with Gasteiger partial charge in [0.05, 0.1) is 0 Å². The smallest absolute Gasteiger partial charge is 0.0454 e. The summed E-state index contributed by atoms with van der Waals surface area (Å²) < 4.78 is 0. The van der Waals surface area contributed by atoms with Gasteiger partial charge in [0.1, 0.15) is 0 Å². The summed E-state index contributed by atoms with van der Waals surface area (Å²) in [6.45, 7) is 5.24. The Morgan fingerprint density at radius 2 is 1.90 bits per heavy atom. The van der Waals surface area contributed by atoms with Gasteiger partial charge in [0.2, 0.25) is 0 Å². The molecule has 0 bridgehead atoms. The fraction of sp³-hybridized carbons (Fsp3) is 0.158. The molecule has 3 rings (SSSR count). The van der Waals surface area contributed by atoms with Gasteiger partial charge in [-0.15, -0.1) is 0 Å². The molecule has 3 aromatic rings.